The van der Waals surface area contributed by atoms with E-state index in [1.807, 2.05) is 23.1 Å². The van der Waals surface area contributed by atoms with Crippen molar-refractivity contribution in [3.8, 4) is 11.5 Å². The molecule has 3 rings (SSSR count). The number of nitrogens with one attached hydrogen (secondary N) is 2. The standard InChI is InChI=1S/C17H25N3O3/c1-11-9-14(19-18-11)17(21)20-8-4-5-15(20)13-10-12(22-2)6-7-16(13)23-3/h6-7,10-11,14-15,18-19H,4-5,8-9H2,1-3H3. The molecule has 2 aliphatic heterocycles. The van der Waals surface area contributed by atoms with Crippen LogP contribution in [0.15, 0.2) is 18.2 Å². The average molecular weight is 319 g/mol. The van der Waals surface area contributed by atoms with Gasteiger partial charge in [0, 0.05) is 18.2 Å². The van der Waals surface area contributed by atoms with E-state index in [1.165, 1.54) is 0 Å². The van der Waals surface area contributed by atoms with Gasteiger partial charge in [-0.3, -0.25) is 10.2 Å². The number of carbonyl (C=O) groups is 1. The molecule has 3 unspecified atom stereocenters. The van der Waals surface area contributed by atoms with Gasteiger partial charge in [0.1, 0.15) is 17.5 Å². The minimum absolute atomic E-state index is 0.0465. The second-order valence-corrected chi connectivity index (χ2v) is 6.28. The molecule has 6 nitrogen and oxygen atoms in total. The quantitative estimate of drug-likeness (QED) is 0.883. The molecular weight excluding hydrogens is 294 g/mol. The van der Waals surface area contributed by atoms with Gasteiger partial charge in [-0.15, -0.1) is 0 Å². The lowest BCUT2D eigenvalue weighted by molar-refractivity contribution is -0.134. The molecule has 0 aliphatic carbocycles. The Hall–Kier alpha value is -1.79. The van der Waals surface area contributed by atoms with Gasteiger partial charge in [0.25, 0.3) is 0 Å². The number of ether oxygens (including phenoxy) is 2. The SMILES string of the molecule is COc1ccc(OC)c(C2CCCN2C(=O)C2CC(C)NN2)c1. The molecule has 23 heavy (non-hydrogen) atoms. The monoisotopic (exact) mass is 319 g/mol. The summed E-state index contributed by atoms with van der Waals surface area (Å²) in [6, 6.07) is 5.99. The predicted octanol–water partition coefficient (Wildman–Crippen LogP) is 1.62. The summed E-state index contributed by atoms with van der Waals surface area (Å²) in [4.78, 5) is 14.9. The third-order valence-corrected chi connectivity index (χ3v) is 4.72. The van der Waals surface area contributed by atoms with E-state index < -0.39 is 0 Å². The summed E-state index contributed by atoms with van der Waals surface area (Å²) in [5, 5.41) is 0. The lowest BCUT2D eigenvalue weighted by atomic mass is 10.0. The maximum atomic E-state index is 12.9. The van der Waals surface area contributed by atoms with Gasteiger partial charge in [-0.2, -0.15) is 0 Å². The molecule has 1 aromatic carbocycles. The van der Waals surface area contributed by atoms with E-state index in [-0.39, 0.29) is 18.0 Å². The van der Waals surface area contributed by atoms with Crippen molar-refractivity contribution >= 4 is 5.91 Å². The Morgan fingerprint density at radius 2 is 2.09 bits per heavy atom. The lowest BCUT2D eigenvalue weighted by Gasteiger charge is -2.28. The van der Waals surface area contributed by atoms with Crippen molar-refractivity contribution in [1.29, 1.82) is 0 Å². The topological polar surface area (TPSA) is 62.8 Å². The van der Waals surface area contributed by atoms with Crippen LogP contribution in [0.25, 0.3) is 0 Å². The first kappa shape index (κ1) is 16.1. The van der Waals surface area contributed by atoms with Crippen molar-refractivity contribution in [2.75, 3.05) is 20.8 Å². The van der Waals surface area contributed by atoms with E-state index in [0.29, 0.717) is 6.04 Å². The van der Waals surface area contributed by atoms with Crippen LogP contribution in [0.4, 0.5) is 0 Å². The number of nitrogens with zero attached hydrogens (tertiary/aromatic N) is 1. The molecule has 2 N–H and O–H groups in total. The van der Waals surface area contributed by atoms with Crippen molar-refractivity contribution in [2.24, 2.45) is 0 Å². The normalized spacial score (nSPS) is 27.3. The molecule has 0 radical (unpaired) electrons. The predicted molar refractivity (Wildman–Crippen MR) is 87.4 cm³/mol. The van der Waals surface area contributed by atoms with Gasteiger partial charge >= 0.3 is 0 Å². The zero-order valence-electron chi connectivity index (χ0n) is 14.0. The molecular formula is C17H25N3O3. The number of rotatable bonds is 4. The highest BCUT2D eigenvalue weighted by molar-refractivity contribution is 5.83. The number of amides is 1. The van der Waals surface area contributed by atoms with Crippen LogP contribution < -0.4 is 20.3 Å². The molecule has 1 aromatic rings. The fourth-order valence-corrected chi connectivity index (χ4v) is 3.53. The first-order chi connectivity index (χ1) is 11.1. The Morgan fingerprint density at radius 1 is 1.26 bits per heavy atom. The number of likely N-dealkylation sites (tertiary alicyclic amines) is 1. The highest BCUT2D eigenvalue weighted by Gasteiger charge is 2.37. The largest absolute Gasteiger partial charge is 0.497 e. The Balaban J connectivity index is 1.85. The second kappa shape index (κ2) is 6.76. The Bertz CT molecular complexity index is 578. The smallest absolute Gasteiger partial charge is 0.241 e. The van der Waals surface area contributed by atoms with Crippen LogP contribution in [-0.2, 0) is 4.79 Å². The minimum atomic E-state index is -0.151. The summed E-state index contributed by atoms with van der Waals surface area (Å²) in [5.41, 5.74) is 7.26. The van der Waals surface area contributed by atoms with Crippen LogP contribution in [0.2, 0.25) is 0 Å². The summed E-state index contributed by atoms with van der Waals surface area (Å²) in [5.74, 6) is 1.75. The van der Waals surface area contributed by atoms with E-state index in [9.17, 15) is 4.79 Å². The first-order valence-electron chi connectivity index (χ1n) is 8.17. The van der Waals surface area contributed by atoms with Crippen molar-refractivity contribution in [1.82, 2.24) is 15.8 Å². The molecule has 2 aliphatic rings. The Kier molecular flexibility index (Phi) is 4.73. The number of carbonyl (C=O) groups excluding carboxylic acids is 1. The van der Waals surface area contributed by atoms with E-state index in [4.69, 9.17) is 9.47 Å². The van der Waals surface area contributed by atoms with Crippen LogP contribution in [0.3, 0.4) is 0 Å². The lowest BCUT2D eigenvalue weighted by Crippen LogP contribution is -2.45. The Labute approximate surface area is 137 Å². The zero-order chi connectivity index (χ0) is 16.4. The van der Waals surface area contributed by atoms with Gasteiger partial charge in [-0.1, -0.05) is 0 Å². The maximum absolute atomic E-state index is 12.9. The van der Waals surface area contributed by atoms with Gasteiger partial charge in [0.05, 0.1) is 20.3 Å². The van der Waals surface area contributed by atoms with Crippen molar-refractivity contribution in [3.63, 3.8) is 0 Å². The van der Waals surface area contributed by atoms with Gasteiger partial charge in [-0.25, -0.2) is 5.43 Å². The number of hydrogen-bond acceptors (Lipinski definition) is 5. The van der Waals surface area contributed by atoms with Gasteiger partial charge in [0.2, 0.25) is 5.91 Å². The number of methoxy groups -OCH3 is 2. The van der Waals surface area contributed by atoms with Crippen LogP contribution in [0.1, 0.15) is 37.8 Å². The zero-order valence-corrected chi connectivity index (χ0v) is 14.0. The molecule has 2 heterocycles. The third kappa shape index (κ3) is 3.14. The molecule has 0 saturated carbocycles. The molecule has 6 heteroatoms. The fraction of sp³-hybridized carbons (Fsp3) is 0.588. The third-order valence-electron chi connectivity index (χ3n) is 4.72. The molecule has 0 aromatic heterocycles. The first-order valence-corrected chi connectivity index (χ1v) is 8.17. The summed E-state index contributed by atoms with van der Waals surface area (Å²) < 4.78 is 10.8. The fourth-order valence-electron chi connectivity index (χ4n) is 3.53. The molecule has 0 bridgehead atoms. The van der Waals surface area contributed by atoms with E-state index in [1.54, 1.807) is 14.2 Å². The van der Waals surface area contributed by atoms with Crippen molar-refractivity contribution in [2.45, 2.75) is 44.3 Å². The van der Waals surface area contributed by atoms with Gasteiger partial charge < -0.3 is 14.4 Å². The van der Waals surface area contributed by atoms with Crippen molar-refractivity contribution in [3.05, 3.63) is 23.8 Å². The summed E-state index contributed by atoms with van der Waals surface area (Å²) in [7, 11) is 3.31. The van der Waals surface area contributed by atoms with Crippen LogP contribution in [-0.4, -0.2) is 43.7 Å². The highest BCUT2D eigenvalue weighted by atomic mass is 16.5. The molecule has 1 amide bonds. The van der Waals surface area contributed by atoms with Crippen LogP contribution in [0.5, 0.6) is 11.5 Å². The Morgan fingerprint density at radius 3 is 2.74 bits per heavy atom. The molecule has 126 valence electrons. The summed E-state index contributed by atoms with van der Waals surface area (Å²) >= 11 is 0. The van der Waals surface area contributed by atoms with E-state index in [0.717, 1.165) is 42.9 Å². The summed E-state index contributed by atoms with van der Waals surface area (Å²) in [6.45, 7) is 2.86. The van der Waals surface area contributed by atoms with Crippen LogP contribution in [0, 0.1) is 0 Å². The molecule has 2 saturated heterocycles. The van der Waals surface area contributed by atoms with E-state index >= 15 is 0 Å². The summed E-state index contributed by atoms with van der Waals surface area (Å²) in [6.07, 6.45) is 2.77. The van der Waals surface area contributed by atoms with Gasteiger partial charge in [0.15, 0.2) is 0 Å². The maximum Gasteiger partial charge on any atom is 0.241 e. The highest BCUT2D eigenvalue weighted by Crippen LogP contribution is 2.39. The molecule has 0 spiro atoms. The number of benzene rings is 1. The average Bonchev–Trinajstić information content (AvgIpc) is 3.22. The second-order valence-electron chi connectivity index (χ2n) is 6.28. The van der Waals surface area contributed by atoms with Crippen molar-refractivity contribution < 1.29 is 14.3 Å². The van der Waals surface area contributed by atoms with Gasteiger partial charge in [-0.05, 0) is 44.4 Å². The molecule has 2 fully saturated rings. The van der Waals surface area contributed by atoms with E-state index in [2.05, 4.69) is 17.8 Å². The molecule has 3 atom stereocenters. The van der Waals surface area contributed by atoms with Crippen LogP contribution >= 0.6 is 0 Å². The number of hydrazine groups is 1. The number of hydrogen-bond donors (Lipinski definition) is 2. The minimum Gasteiger partial charge on any atom is -0.497 e.